The molecule has 4 N–H and O–H groups in total. The van der Waals surface area contributed by atoms with Gasteiger partial charge in [0, 0.05) is 17.4 Å². The first-order chi connectivity index (χ1) is 18.2. The predicted molar refractivity (Wildman–Crippen MR) is 137 cm³/mol. The van der Waals surface area contributed by atoms with Crippen LogP contribution in [-0.2, 0) is 15.1 Å². The van der Waals surface area contributed by atoms with Gasteiger partial charge >= 0.3 is 12.1 Å². The lowest BCUT2D eigenvalue weighted by molar-refractivity contribution is -0.162. The smallest absolute Gasteiger partial charge is 0.407 e. The average Bonchev–Trinajstić information content (AvgIpc) is 3.22. The van der Waals surface area contributed by atoms with E-state index in [4.69, 9.17) is 4.74 Å². The number of ether oxygens (including phenoxy) is 1. The highest BCUT2D eigenvalue weighted by Crippen LogP contribution is 2.38. The summed E-state index contributed by atoms with van der Waals surface area (Å²) in [4.78, 5) is 26.8. The number of carboxylic acid groups (broad SMARTS) is 1. The molecule has 3 heterocycles. The SMILES string of the molecule is CC(C)(C)NC(c1ccc(Nc2nn(C3(CC#N)CCC(C(=O)O)OC3)c3cc[nH]c(=O)c23)cc1)C(F)(F)F. The van der Waals surface area contributed by atoms with Crippen molar-refractivity contribution in [1.29, 1.82) is 5.26 Å². The third kappa shape index (κ3) is 5.91. The Hall–Kier alpha value is -3.89. The van der Waals surface area contributed by atoms with Crippen LogP contribution in [0, 0.1) is 11.3 Å². The van der Waals surface area contributed by atoms with Gasteiger partial charge in [-0.1, -0.05) is 12.1 Å². The predicted octanol–water partition coefficient (Wildman–Crippen LogP) is 4.33. The molecule has 1 aliphatic heterocycles. The maximum Gasteiger partial charge on any atom is 0.407 e. The van der Waals surface area contributed by atoms with E-state index < -0.39 is 40.9 Å². The zero-order valence-electron chi connectivity index (χ0n) is 21.6. The molecule has 1 fully saturated rings. The van der Waals surface area contributed by atoms with Gasteiger partial charge in [0.2, 0.25) is 0 Å². The van der Waals surface area contributed by atoms with Crippen molar-refractivity contribution in [3.05, 3.63) is 52.4 Å². The van der Waals surface area contributed by atoms with Crippen molar-refractivity contribution in [2.75, 3.05) is 11.9 Å². The molecule has 3 unspecified atom stereocenters. The number of pyridine rings is 1. The number of halogens is 3. The summed E-state index contributed by atoms with van der Waals surface area (Å²) in [6.07, 6.45) is -3.71. The van der Waals surface area contributed by atoms with E-state index in [1.54, 1.807) is 26.8 Å². The number of hydrogen-bond donors (Lipinski definition) is 4. The molecule has 13 heteroatoms. The Kier molecular flexibility index (Phi) is 7.46. The monoisotopic (exact) mass is 546 g/mol. The van der Waals surface area contributed by atoms with Crippen LogP contribution < -0.4 is 16.2 Å². The number of H-pyrrole nitrogens is 1. The van der Waals surface area contributed by atoms with Gasteiger partial charge in [-0.15, -0.1) is 0 Å². The molecule has 2 aromatic heterocycles. The summed E-state index contributed by atoms with van der Waals surface area (Å²) in [6.45, 7) is 4.85. The van der Waals surface area contributed by atoms with Crippen LogP contribution in [0.25, 0.3) is 10.9 Å². The summed E-state index contributed by atoms with van der Waals surface area (Å²) >= 11 is 0. The Labute approximate surface area is 221 Å². The van der Waals surface area contributed by atoms with E-state index in [2.05, 4.69) is 26.8 Å². The number of nitrogens with zero attached hydrogens (tertiary/aromatic N) is 3. The molecule has 0 bridgehead atoms. The molecule has 3 aromatic rings. The van der Waals surface area contributed by atoms with Gasteiger partial charge in [-0.2, -0.15) is 23.5 Å². The van der Waals surface area contributed by atoms with Gasteiger partial charge < -0.3 is 20.1 Å². The molecular formula is C26H29F3N6O4. The van der Waals surface area contributed by atoms with Crippen LogP contribution in [0.4, 0.5) is 24.7 Å². The second kappa shape index (κ2) is 10.3. The first kappa shape index (κ1) is 28.1. The summed E-state index contributed by atoms with van der Waals surface area (Å²) in [6, 6.07) is 7.48. The number of carbonyl (C=O) groups is 1. The molecule has 208 valence electrons. The molecule has 10 nitrogen and oxygen atoms in total. The van der Waals surface area contributed by atoms with Crippen LogP contribution in [0.1, 0.15) is 51.6 Å². The van der Waals surface area contributed by atoms with E-state index in [0.717, 1.165) is 0 Å². The number of nitrogens with one attached hydrogen (secondary N) is 3. The van der Waals surface area contributed by atoms with Crippen molar-refractivity contribution in [2.24, 2.45) is 0 Å². The van der Waals surface area contributed by atoms with E-state index in [1.807, 2.05) is 0 Å². The number of aliphatic carboxylic acids is 1. The van der Waals surface area contributed by atoms with E-state index in [1.165, 1.54) is 35.1 Å². The Bertz CT molecular complexity index is 1440. The quantitative estimate of drug-likeness (QED) is 0.343. The van der Waals surface area contributed by atoms with Crippen LogP contribution in [0.15, 0.2) is 41.3 Å². The number of alkyl halides is 3. The first-order valence-electron chi connectivity index (χ1n) is 12.3. The van der Waals surface area contributed by atoms with Crippen molar-refractivity contribution in [1.82, 2.24) is 20.1 Å². The van der Waals surface area contributed by atoms with Crippen LogP contribution in [0.2, 0.25) is 0 Å². The van der Waals surface area contributed by atoms with Crippen molar-refractivity contribution >= 4 is 28.4 Å². The number of benzene rings is 1. The highest BCUT2D eigenvalue weighted by molar-refractivity contribution is 5.91. The first-order valence-corrected chi connectivity index (χ1v) is 12.3. The molecule has 1 saturated heterocycles. The number of anilines is 2. The lowest BCUT2D eigenvalue weighted by Crippen LogP contribution is -2.46. The number of fused-ring (bicyclic) bond motifs is 1. The Morgan fingerprint density at radius 1 is 1.31 bits per heavy atom. The van der Waals surface area contributed by atoms with Crippen LogP contribution >= 0.6 is 0 Å². The minimum Gasteiger partial charge on any atom is -0.479 e. The highest BCUT2D eigenvalue weighted by Gasteiger charge is 2.43. The van der Waals surface area contributed by atoms with E-state index in [-0.39, 0.29) is 42.6 Å². The second-order valence-corrected chi connectivity index (χ2v) is 10.7. The van der Waals surface area contributed by atoms with E-state index >= 15 is 0 Å². The summed E-state index contributed by atoms with van der Waals surface area (Å²) in [5.41, 5.74) is -1.44. The number of carboxylic acids is 1. The standard InChI is InChI=1S/C26H29F3N6O4/c1-24(2,3)33-20(26(27,28)29)15-4-6-16(7-5-15)32-21-19-17(9-13-31-22(19)36)35(34-21)25(11-12-30)10-8-18(23(37)38)39-14-25/h4-7,9,13,18,20,33H,8,10-11,14H2,1-3H3,(H,31,36)(H,32,34)(H,37,38). The van der Waals surface area contributed by atoms with Gasteiger partial charge in [0.15, 0.2) is 11.9 Å². The van der Waals surface area contributed by atoms with Crippen LogP contribution in [0.3, 0.4) is 0 Å². The van der Waals surface area contributed by atoms with Crippen molar-refractivity contribution < 1.29 is 27.8 Å². The minimum atomic E-state index is -4.51. The summed E-state index contributed by atoms with van der Waals surface area (Å²) in [5, 5.41) is 29.2. The van der Waals surface area contributed by atoms with Crippen LogP contribution in [-0.4, -0.2) is 50.3 Å². The molecule has 1 aromatic carbocycles. The van der Waals surface area contributed by atoms with Gasteiger partial charge in [0.1, 0.15) is 11.4 Å². The van der Waals surface area contributed by atoms with Crippen molar-refractivity contribution in [3.8, 4) is 6.07 Å². The highest BCUT2D eigenvalue weighted by atomic mass is 19.4. The zero-order valence-corrected chi connectivity index (χ0v) is 21.6. The summed E-state index contributed by atoms with van der Waals surface area (Å²) < 4.78 is 48.3. The largest absolute Gasteiger partial charge is 0.479 e. The maximum atomic E-state index is 13.8. The Balaban J connectivity index is 1.70. The fraction of sp³-hybridized carbons (Fsp3) is 0.462. The molecule has 0 spiro atoms. The number of aromatic amines is 1. The third-order valence-electron chi connectivity index (χ3n) is 6.57. The topological polar surface area (TPSA) is 145 Å². The molecule has 3 atom stereocenters. The van der Waals surface area contributed by atoms with Gasteiger partial charge in [-0.25, -0.2) is 4.79 Å². The molecule has 0 radical (unpaired) electrons. The molecule has 39 heavy (non-hydrogen) atoms. The number of hydrogen-bond acceptors (Lipinski definition) is 7. The normalized spacial score (nSPS) is 20.9. The second-order valence-electron chi connectivity index (χ2n) is 10.7. The van der Waals surface area contributed by atoms with Gasteiger partial charge in [0.25, 0.3) is 5.56 Å². The van der Waals surface area contributed by atoms with E-state index in [0.29, 0.717) is 11.2 Å². The van der Waals surface area contributed by atoms with Gasteiger partial charge in [-0.3, -0.25) is 14.8 Å². The third-order valence-corrected chi connectivity index (χ3v) is 6.57. The molecule has 0 aliphatic carbocycles. The van der Waals surface area contributed by atoms with Crippen molar-refractivity contribution in [3.63, 3.8) is 0 Å². The average molecular weight is 547 g/mol. The fourth-order valence-electron chi connectivity index (χ4n) is 4.74. The zero-order chi connectivity index (χ0) is 28.6. The minimum absolute atomic E-state index is 0.0246. The lowest BCUT2D eigenvalue weighted by Gasteiger charge is -2.38. The van der Waals surface area contributed by atoms with Crippen LogP contribution in [0.5, 0.6) is 0 Å². The summed E-state index contributed by atoms with van der Waals surface area (Å²) in [7, 11) is 0. The van der Waals surface area contributed by atoms with Gasteiger partial charge in [0.05, 0.1) is 30.2 Å². The van der Waals surface area contributed by atoms with Crippen molar-refractivity contribution in [2.45, 2.75) is 69.4 Å². The molecule has 0 amide bonds. The number of aromatic nitrogens is 3. The maximum absolute atomic E-state index is 13.8. The lowest BCUT2D eigenvalue weighted by atomic mass is 9.87. The molecule has 4 rings (SSSR count). The molecular weight excluding hydrogens is 517 g/mol. The fourth-order valence-corrected chi connectivity index (χ4v) is 4.74. The molecule has 0 saturated carbocycles. The molecule has 1 aliphatic rings. The number of nitriles is 1. The Morgan fingerprint density at radius 2 is 2.00 bits per heavy atom. The summed E-state index contributed by atoms with van der Waals surface area (Å²) in [5.74, 6) is -0.962. The van der Waals surface area contributed by atoms with Gasteiger partial charge in [-0.05, 0) is 57.4 Å². The Morgan fingerprint density at radius 3 is 2.54 bits per heavy atom. The number of rotatable bonds is 7. The van der Waals surface area contributed by atoms with E-state index in [9.17, 15) is 33.1 Å².